The Morgan fingerprint density at radius 1 is 1.17 bits per heavy atom. The van der Waals surface area contributed by atoms with Crippen LogP contribution >= 0.6 is 0 Å². The van der Waals surface area contributed by atoms with Gasteiger partial charge in [-0.2, -0.15) is 0 Å². The fraction of sp³-hybridized carbons (Fsp3) is 0.368. The van der Waals surface area contributed by atoms with Gasteiger partial charge in [0.15, 0.2) is 5.41 Å². The molecule has 0 spiro atoms. The van der Waals surface area contributed by atoms with Gasteiger partial charge in [-0.05, 0) is 49.0 Å². The minimum absolute atomic E-state index is 0.364. The molecule has 0 aromatic heterocycles. The lowest BCUT2D eigenvalue weighted by atomic mass is 9.67. The fourth-order valence-electron chi connectivity index (χ4n) is 3.12. The molecule has 1 aromatic carbocycles. The third-order valence-electron chi connectivity index (χ3n) is 4.43. The molecular weight excluding hydrogens is 292 g/mol. The van der Waals surface area contributed by atoms with Crippen molar-refractivity contribution in [1.82, 2.24) is 0 Å². The van der Waals surface area contributed by atoms with Crippen molar-refractivity contribution in [2.24, 2.45) is 5.41 Å². The number of benzene rings is 1. The van der Waals surface area contributed by atoms with Crippen molar-refractivity contribution in [3.8, 4) is 0 Å². The summed E-state index contributed by atoms with van der Waals surface area (Å²) in [5.41, 5.74) is 1.94. The summed E-state index contributed by atoms with van der Waals surface area (Å²) in [6, 6.07) is 7.79. The van der Waals surface area contributed by atoms with Gasteiger partial charge < -0.3 is 9.47 Å². The SMILES string of the molecule is C=C1CCCC(C(=O)OC)(C(=O)OC)/C1=C/c1ccccc1C. The summed E-state index contributed by atoms with van der Waals surface area (Å²) in [6.45, 7) is 6.05. The van der Waals surface area contributed by atoms with Crippen molar-refractivity contribution in [3.63, 3.8) is 0 Å². The molecule has 0 radical (unpaired) electrons. The molecule has 0 aliphatic heterocycles. The molecule has 1 aromatic rings. The Balaban J connectivity index is 2.67. The molecule has 1 fully saturated rings. The maximum Gasteiger partial charge on any atom is 0.327 e. The number of carbonyl (C=O) groups excluding carboxylic acids is 2. The molecule has 1 saturated carbocycles. The molecule has 0 N–H and O–H groups in total. The Kier molecular flexibility index (Phi) is 5.04. The number of ether oxygens (including phenoxy) is 2. The standard InChI is InChI=1S/C19H22O4/c1-13-8-5-6-10-15(13)12-16-14(2)9-7-11-19(16,17(20)22-3)18(21)23-4/h5-6,8,10,12H,2,7,9,11H2,1,3-4H3/b16-12+. The molecule has 0 unspecified atom stereocenters. The van der Waals surface area contributed by atoms with Crippen molar-refractivity contribution in [2.75, 3.05) is 14.2 Å². The molecule has 1 aliphatic rings. The summed E-state index contributed by atoms with van der Waals surface area (Å²) in [4.78, 5) is 25.0. The van der Waals surface area contributed by atoms with E-state index in [4.69, 9.17) is 9.47 Å². The zero-order valence-electron chi connectivity index (χ0n) is 13.8. The van der Waals surface area contributed by atoms with Gasteiger partial charge in [-0.25, -0.2) is 0 Å². The molecule has 23 heavy (non-hydrogen) atoms. The quantitative estimate of drug-likeness (QED) is 0.633. The van der Waals surface area contributed by atoms with Crippen LogP contribution < -0.4 is 0 Å². The maximum atomic E-state index is 12.5. The lowest BCUT2D eigenvalue weighted by molar-refractivity contribution is -0.166. The van der Waals surface area contributed by atoms with Gasteiger partial charge in [0.1, 0.15) is 0 Å². The van der Waals surface area contributed by atoms with Gasteiger partial charge in [-0.3, -0.25) is 9.59 Å². The highest BCUT2D eigenvalue weighted by Crippen LogP contribution is 2.46. The molecule has 4 heteroatoms. The molecule has 4 nitrogen and oxygen atoms in total. The van der Waals surface area contributed by atoms with E-state index in [9.17, 15) is 9.59 Å². The number of hydrogen-bond donors (Lipinski definition) is 0. The van der Waals surface area contributed by atoms with Crippen LogP contribution in [0.15, 0.2) is 42.0 Å². The van der Waals surface area contributed by atoms with E-state index in [0.29, 0.717) is 18.4 Å². The predicted octanol–water partition coefficient (Wildman–Crippen LogP) is 3.45. The number of methoxy groups -OCH3 is 2. The molecule has 1 aliphatic carbocycles. The number of allylic oxidation sites excluding steroid dienone is 1. The zero-order valence-corrected chi connectivity index (χ0v) is 13.8. The monoisotopic (exact) mass is 314 g/mol. The molecule has 0 heterocycles. The summed E-state index contributed by atoms with van der Waals surface area (Å²) < 4.78 is 9.88. The van der Waals surface area contributed by atoms with Gasteiger partial charge in [0.2, 0.25) is 0 Å². The number of rotatable bonds is 3. The first-order valence-electron chi connectivity index (χ1n) is 7.60. The summed E-state index contributed by atoms with van der Waals surface area (Å²) in [7, 11) is 2.57. The van der Waals surface area contributed by atoms with Gasteiger partial charge in [0.25, 0.3) is 0 Å². The van der Waals surface area contributed by atoms with Crippen LogP contribution in [0.2, 0.25) is 0 Å². The van der Waals surface area contributed by atoms with E-state index < -0.39 is 17.4 Å². The highest BCUT2D eigenvalue weighted by molar-refractivity contribution is 6.06. The third kappa shape index (κ3) is 2.93. The number of aryl methyl sites for hydroxylation is 1. The molecule has 2 rings (SSSR count). The lowest BCUT2D eigenvalue weighted by Crippen LogP contribution is -2.45. The minimum Gasteiger partial charge on any atom is -0.468 e. The first-order chi connectivity index (χ1) is 11.0. The summed E-state index contributed by atoms with van der Waals surface area (Å²) in [5, 5.41) is 0. The Labute approximate surface area is 136 Å². The maximum absolute atomic E-state index is 12.5. The Morgan fingerprint density at radius 2 is 1.78 bits per heavy atom. The molecule has 0 amide bonds. The number of hydrogen-bond acceptors (Lipinski definition) is 4. The van der Waals surface area contributed by atoms with Crippen LogP contribution in [0.4, 0.5) is 0 Å². The summed E-state index contributed by atoms with van der Waals surface area (Å²) in [5.74, 6) is -1.19. The van der Waals surface area contributed by atoms with Crippen LogP contribution in [0.5, 0.6) is 0 Å². The van der Waals surface area contributed by atoms with E-state index in [1.807, 2.05) is 37.3 Å². The van der Waals surface area contributed by atoms with Crippen LogP contribution in [0, 0.1) is 12.3 Å². The van der Waals surface area contributed by atoms with E-state index >= 15 is 0 Å². The summed E-state index contributed by atoms with van der Waals surface area (Å²) in [6.07, 6.45) is 3.66. The highest BCUT2D eigenvalue weighted by Gasteiger charge is 2.53. The Morgan fingerprint density at radius 3 is 2.35 bits per heavy atom. The van der Waals surface area contributed by atoms with E-state index in [0.717, 1.165) is 23.1 Å². The average Bonchev–Trinajstić information content (AvgIpc) is 2.57. The van der Waals surface area contributed by atoms with E-state index in [1.165, 1.54) is 14.2 Å². The van der Waals surface area contributed by atoms with Crippen molar-refractivity contribution in [3.05, 3.63) is 53.1 Å². The second-order valence-corrected chi connectivity index (χ2v) is 5.76. The minimum atomic E-state index is -1.43. The van der Waals surface area contributed by atoms with Crippen molar-refractivity contribution in [2.45, 2.75) is 26.2 Å². The van der Waals surface area contributed by atoms with Crippen molar-refractivity contribution < 1.29 is 19.1 Å². The molecule has 0 bridgehead atoms. The topological polar surface area (TPSA) is 52.6 Å². The van der Waals surface area contributed by atoms with E-state index in [-0.39, 0.29) is 0 Å². The van der Waals surface area contributed by atoms with Gasteiger partial charge in [-0.1, -0.05) is 36.4 Å². The first-order valence-corrected chi connectivity index (χ1v) is 7.60. The van der Waals surface area contributed by atoms with Gasteiger partial charge >= 0.3 is 11.9 Å². The van der Waals surface area contributed by atoms with Crippen LogP contribution in [-0.2, 0) is 19.1 Å². The number of esters is 2. The largest absolute Gasteiger partial charge is 0.468 e. The zero-order chi connectivity index (χ0) is 17.0. The normalized spacial score (nSPS) is 18.6. The summed E-state index contributed by atoms with van der Waals surface area (Å²) >= 11 is 0. The average molecular weight is 314 g/mol. The number of carbonyl (C=O) groups is 2. The molecule has 122 valence electrons. The van der Waals surface area contributed by atoms with Crippen molar-refractivity contribution >= 4 is 18.0 Å². The van der Waals surface area contributed by atoms with Crippen LogP contribution in [0.3, 0.4) is 0 Å². The van der Waals surface area contributed by atoms with Crippen LogP contribution in [0.25, 0.3) is 6.08 Å². The lowest BCUT2D eigenvalue weighted by Gasteiger charge is -2.35. The Hall–Kier alpha value is -2.36. The molecular formula is C19H22O4. The highest BCUT2D eigenvalue weighted by atomic mass is 16.5. The second kappa shape index (κ2) is 6.82. The molecule has 0 saturated heterocycles. The Bertz CT molecular complexity index is 654. The van der Waals surface area contributed by atoms with Gasteiger partial charge in [0.05, 0.1) is 14.2 Å². The van der Waals surface area contributed by atoms with Crippen LogP contribution in [0.1, 0.15) is 30.4 Å². The van der Waals surface area contributed by atoms with Gasteiger partial charge in [0, 0.05) is 0 Å². The predicted molar refractivity (Wildman–Crippen MR) is 88.6 cm³/mol. The molecule has 0 atom stereocenters. The third-order valence-corrected chi connectivity index (χ3v) is 4.43. The van der Waals surface area contributed by atoms with E-state index in [1.54, 1.807) is 0 Å². The smallest absolute Gasteiger partial charge is 0.327 e. The van der Waals surface area contributed by atoms with Crippen LogP contribution in [-0.4, -0.2) is 26.2 Å². The fourth-order valence-corrected chi connectivity index (χ4v) is 3.12. The van der Waals surface area contributed by atoms with Gasteiger partial charge in [-0.15, -0.1) is 0 Å². The first kappa shape index (κ1) is 17.0. The second-order valence-electron chi connectivity index (χ2n) is 5.76. The van der Waals surface area contributed by atoms with E-state index in [2.05, 4.69) is 6.58 Å². The van der Waals surface area contributed by atoms with Crippen molar-refractivity contribution in [1.29, 1.82) is 0 Å².